The summed E-state index contributed by atoms with van der Waals surface area (Å²) >= 11 is 0. The Morgan fingerprint density at radius 3 is 1.50 bits per heavy atom. The molecule has 0 aliphatic rings. The SMILES string of the molecule is C=CC(=O)OCC(CCCCCCCCC)CCCCCCCCCC. The van der Waals surface area contributed by atoms with E-state index in [2.05, 4.69) is 20.4 Å². The lowest BCUT2D eigenvalue weighted by molar-refractivity contribution is -0.139. The van der Waals surface area contributed by atoms with E-state index in [1.807, 2.05) is 0 Å². The Morgan fingerprint density at radius 1 is 0.731 bits per heavy atom. The molecule has 0 rings (SSSR count). The molecule has 2 heteroatoms. The molecule has 2 nitrogen and oxygen atoms in total. The van der Waals surface area contributed by atoms with Crippen molar-refractivity contribution in [3.05, 3.63) is 12.7 Å². The Morgan fingerprint density at radius 2 is 1.12 bits per heavy atom. The van der Waals surface area contributed by atoms with Crippen LogP contribution in [0.5, 0.6) is 0 Å². The van der Waals surface area contributed by atoms with Crippen LogP contribution in [0.4, 0.5) is 0 Å². The quantitative estimate of drug-likeness (QED) is 0.124. The van der Waals surface area contributed by atoms with Gasteiger partial charge in [0.15, 0.2) is 0 Å². The maximum Gasteiger partial charge on any atom is 0.330 e. The first-order chi connectivity index (χ1) is 12.7. The fourth-order valence-corrected chi connectivity index (χ4v) is 3.53. The standard InChI is InChI=1S/C24H46O2/c1-4-7-9-11-13-15-17-19-21-23(22-26-24(25)6-3)20-18-16-14-12-10-8-5-2/h6,23H,3-5,7-22H2,1-2H3. The lowest BCUT2D eigenvalue weighted by atomic mass is 9.94. The first kappa shape index (κ1) is 25.2. The van der Waals surface area contributed by atoms with Crippen molar-refractivity contribution in [2.75, 3.05) is 6.61 Å². The van der Waals surface area contributed by atoms with Crippen LogP contribution in [0.25, 0.3) is 0 Å². The number of carbonyl (C=O) groups is 1. The van der Waals surface area contributed by atoms with Crippen LogP contribution >= 0.6 is 0 Å². The Bertz CT molecular complexity index is 311. The van der Waals surface area contributed by atoms with Crippen LogP contribution in [0, 0.1) is 5.92 Å². The first-order valence-electron chi connectivity index (χ1n) is 11.5. The molecule has 0 saturated carbocycles. The number of esters is 1. The lowest BCUT2D eigenvalue weighted by Gasteiger charge is -2.16. The molecule has 1 unspecified atom stereocenters. The maximum atomic E-state index is 11.4. The Labute approximate surface area is 164 Å². The molecule has 0 aromatic heterocycles. The van der Waals surface area contributed by atoms with E-state index in [1.54, 1.807) is 0 Å². The van der Waals surface area contributed by atoms with Crippen LogP contribution in [0.2, 0.25) is 0 Å². The molecule has 0 aliphatic carbocycles. The average Bonchev–Trinajstić information content (AvgIpc) is 2.66. The average molecular weight is 367 g/mol. The van der Waals surface area contributed by atoms with Crippen LogP contribution in [0.3, 0.4) is 0 Å². The van der Waals surface area contributed by atoms with E-state index >= 15 is 0 Å². The summed E-state index contributed by atoms with van der Waals surface area (Å²) in [5.74, 6) is 0.264. The maximum absolute atomic E-state index is 11.4. The van der Waals surface area contributed by atoms with Gasteiger partial charge in [-0.05, 0) is 18.8 Å². The van der Waals surface area contributed by atoms with Crippen LogP contribution in [0.1, 0.15) is 123 Å². The predicted molar refractivity (Wildman–Crippen MR) is 114 cm³/mol. The highest BCUT2D eigenvalue weighted by atomic mass is 16.5. The second kappa shape index (κ2) is 20.5. The van der Waals surface area contributed by atoms with E-state index in [1.165, 1.54) is 115 Å². The van der Waals surface area contributed by atoms with Crippen molar-refractivity contribution in [3.63, 3.8) is 0 Å². The fourth-order valence-electron chi connectivity index (χ4n) is 3.53. The molecule has 0 radical (unpaired) electrons. The predicted octanol–water partition coefficient (Wildman–Crippen LogP) is 8.00. The molecule has 1 atom stereocenters. The van der Waals surface area contributed by atoms with E-state index in [-0.39, 0.29) is 5.97 Å². The van der Waals surface area contributed by atoms with E-state index in [0.717, 1.165) is 0 Å². The van der Waals surface area contributed by atoms with Gasteiger partial charge in [0.05, 0.1) is 6.61 Å². The van der Waals surface area contributed by atoms with Crippen molar-refractivity contribution in [2.45, 2.75) is 123 Å². The molecule has 0 aromatic carbocycles. The molecule has 0 saturated heterocycles. The molecule has 0 heterocycles. The molecule has 0 spiro atoms. The van der Waals surface area contributed by atoms with Crippen molar-refractivity contribution in [3.8, 4) is 0 Å². The Balaban J connectivity index is 3.81. The third-order valence-electron chi connectivity index (χ3n) is 5.31. The summed E-state index contributed by atoms with van der Waals surface area (Å²) in [7, 11) is 0. The lowest BCUT2D eigenvalue weighted by Crippen LogP contribution is -2.13. The topological polar surface area (TPSA) is 26.3 Å². The molecule has 0 N–H and O–H groups in total. The van der Waals surface area contributed by atoms with Gasteiger partial charge in [-0.2, -0.15) is 0 Å². The normalized spacial score (nSPS) is 12.1. The summed E-state index contributed by atoms with van der Waals surface area (Å²) in [5, 5.41) is 0. The number of rotatable bonds is 20. The van der Waals surface area contributed by atoms with Crippen molar-refractivity contribution < 1.29 is 9.53 Å². The molecular weight excluding hydrogens is 320 g/mol. The summed E-state index contributed by atoms with van der Waals surface area (Å²) in [4.78, 5) is 11.4. The first-order valence-corrected chi connectivity index (χ1v) is 11.5. The zero-order valence-corrected chi connectivity index (χ0v) is 17.9. The monoisotopic (exact) mass is 366 g/mol. The number of carbonyl (C=O) groups excluding carboxylic acids is 1. The summed E-state index contributed by atoms with van der Waals surface area (Å²) in [5.41, 5.74) is 0. The molecule has 0 amide bonds. The number of hydrogen-bond acceptors (Lipinski definition) is 2. The van der Waals surface area contributed by atoms with Gasteiger partial charge in [0.2, 0.25) is 0 Å². The van der Waals surface area contributed by atoms with Gasteiger partial charge < -0.3 is 4.74 Å². The van der Waals surface area contributed by atoms with Crippen molar-refractivity contribution in [1.29, 1.82) is 0 Å². The Hall–Kier alpha value is -0.790. The van der Waals surface area contributed by atoms with Gasteiger partial charge >= 0.3 is 5.97 Å². The molecular formula is C24H46O2. The summed E-state index contributed by atoms with van der Waals surface area (Å²) < 4.78 is 5.33. The molecule has 154 valence electrons. The minimum Gasteiger partial charge on any atom is -0.462 e. The minimum atomic E-state index is -0.273. The van der Waals surface area contributed by atoms with Gasteiger partial charge in [0.25, 0.3) is 0 Å². The highest BCUT2D eigenvalue weighted by molar-refractivity contribution is 5.81. The molecule has 0 aromatic rings. The Kier molecular flexibility index (Phi) is 19.9. The van der Waals surface area contributed by atoms with Crippen molar-refractivity contribution in [2.24, 2.45) is 5.92 Å². The van der Waals surface area contributed by atoms with E-state index < -0.39 is 0 Å². The summed E-state index contributed by atoms with van der Waals surface area (Å²) in [6.45, 7) is 8.61. The van der Waals surface area contributed by atoms with Gasteiger partial charge in [-0.25, -0.2) is 4.79 Å². The van der Waals surface area contributed by atoms with Crippen LogP contribution in [-0.2, 0) is 9.53 Å². The van der Waals surface area contributed by atoms with Gasteiger partial charge in [-0.3, -0.25) is 0 Å². The number of ether oxygens (including phenoxy) is 1. The smallest absolute Gasteiger partial charge is 0.330 e. The number of unbranched alkanes of at least 4 members (excludes halogenated alkanes) is 13. The minimum absolute atomic E-state index is 0.273. The van der Waals surface area contributed by atoms with Gasteiger partial charge in [0.1, 0.15) is 0 Å². The molecule has 26 heavy (non-hydrogen) atoms. The van der Waals surface area contributed by atoms with Gasteiger partial charge in [0, 0.05) is 6.08 Å². The molecule has 0 bridgehead atoms. The number of hydrogen-bond donors (Lipinski definition) is 0. The van der Waals surface area contributed by atoms with Gasteiger partial charge in [-0.1, -0.05) is 117 Å². The summed E-state index contributed by atoms with van der Waals surface area (Å²) in [6.07, 6.45) is 23.9. The molecule has 0 aliphatic heterocycles. The van der Waals surface area contributed by atoms with E-state index in [4.69, 9.17) is 4.74 Å². The van der Waals surface area contributed by atoms with Crippen LogP contribution in [0.15, 0.2) is 12.7 Å². The second-order valence-corrected chi connectivity index (χ2v) is 7.87. The van der Waals surface area contributed by atoms with Crippen LogP contribution < -0.4 is 0 Å². The zero-order valence-electron chi connectivity index (χ0n) is 17.9. The summed E-state index contributed by atoms with van der Waals surface area (Å²) in [6, 6.07) is 0. The highest BCUT2D eigenvalue weighted by Gasteiger charge is 2.11. The van der Waals surface area contributed by atoms with Crippen LogP contribution in [-0.4, -0.2) is 12.6 Å². The van der Waals surface area contributed by atoms with E-state index in [9.17, 15) is 4.79 Å². The zero-order chi connectivity index (χ0) is 19.3. The largest absolute Gasteiger partial charge is 0.462 e. The third-order valence-corrected chi connectivity index (χ3v) is 5.31. The van der Waals surface area contributed by atoms with Crippen molar-refractivity contribution >= 4 is 5.97 Å². The van der Waals surface area contributed by atoms with Crippen molar-refractivity contribution in [1.82, 2.24) is 0 Å². The highest BCUT2D eigenvalue weighted by Crippen LogP contribution is 2.20. The third kappa shape index (κ3) is 18.0. The van der Waals surface area contributed by atoms with Gasteiger partial charge in [-0.15, -0.1) is 0 Å². The molecule has 0 fully saturated rings. The fraction of sp³-hybridized carbons (Fsp3) is 0.875. The second-order valence-electron chi connectivity index (χ2n) is 7.87. The van der Waals surface area contributed by atoms with E-state index in [0.29, 0.717) is 12.5 Å².